The number of anilines is 6. The molecule has 4 aliphatic heterocycles. The molecule has 0 aliphatic carbocycles. The Labute approximate surface area is 533 Å². The molecule has 12 rings (SSSR count). The highest BCUT2D eigenvalue weighted by Crippen LogP contribution is 2.60. The number of rotatable bonds is 25. The summed E-state index contributed by atoms with van der Waals surface area (Å²) in [5.74, 6) is 2.03. The molecule has 4 aliphatic rings. The van der Waals surface area contributed by atoms with Crippen LogP contribution in [0.1, 0.15) is 176 Å². The number of aryl methyl sites for hydroxylation is 2. The van der Waals surface area contributed by atoms with Crippen molar-refractivity contribution in [2.45, 2.75) is 130 Å². The van der Waals surface area contributed by atoms with E-state index in [1.165, 1.54) is 11.1 Å². The number of nitrogens with zero attached hydrogens (tertiary/aromatic N) is 4. The molecule has 8 aromatic carbocycles. The summed E-state index contributed by atoms with van der Waals surface area (Å²) in [5.41, 5.74) is 13.7. The van der Waals surface area contributed by atoms with E-state index in [4.69, 9.17) is 18.9 Å². The van der Waals surface area contributed by atoms with Crippen LogP contribution in [0.5, 0.6) is 23.0 Å². The largest absolute Gasteiger partial charge is 0.456 e. The maximum Gasteiger partial charge on any atom is 0.340 e. The Morgan fingerprint density at radius 3 is 1.14 bits per heavy atom. The molecule has 0 bridgehead atoms. The molecule has 462 valence electrons. The second kappa shape index (κ2) is 25.5. The fourth-order valence-electron chi connectivity index (χ4n) is 14.2. The number of hydrogen-bond donors (Lipinski definition) is 0. The first-order valence-electron chi connectivity index (χ1n) is 32.9. The standard InChI is InChI=1S/C80H86N4O6/c1-11-18-44-81(45-19-12-2)60-38-40-66-74(50-60)87-72-48-54(8)70(52-68(72)79(66)64-28-24-22-26-62(64)76(85)89-79)83(42-15-5)58-34-30-56(31-35-58)78(10,17-7)57-32-36-59(37-33-57)84(43-16-6)71-53-69-73(49-55(71)9)88-75-51-61(82(46-20-13-3)47-21-14-4)39-41-67(75)80(69)65-29-25-23-27-63(65)77(86)90-80/h15-16,22-41,48-53H,5-6,11-14,17-21,42-47H2,1-4,7-10H3. The third-order valence-electron chi connectivity index (χ3n) is 19.4. The Hall–Kier alpha value is -9.02. The number of fused-ring (bicyclic) bond motifs is 12. The van der Waals surface area contributed by atoms with Gasteiger partial charge in [-0.3, -0.25) is 0 Å². The van der Waals surface area contributed by atoms with Gasteiger partial charge in [-0.25, -0.2) is 9.59 Å². The van der Waals surface area contributed by atoms with E-state index in [-0.39, 0.29) is 17.4 Å². The predicted octanol–water partition coefficient (Wildman–Crippen LogP) is 19.6. The number of benzene rings is 8. The van der Waals surface area contributed by atoms with Gasteiger partial charge >= 0.3 is 11.9 Å². The molecule has 0 radical (unpaired) electrons. The summed E-state index contributed by atoms with van der Waals surface area (Å²) in [7, 11) is 0. The summed E-state index contributed by atoms with van der Waals surface area (Å²) < 4.78 is 27.4. The molecule has 0 saturated heterocycles. The van der Waals surface area contributed by atoms with Crippen LogP contribution < -0.4 is 29.1 Å². The monoisotopic (exact) mass is 1200 g/mol. The topological polar surface area (TPSA) is 84.0 Å². The number of esters is 2. The normalized spacial score (nSPS) is 16.9. The molecule has 0 aromatic heterocycles. The lowest BCUT2D eigenvalue weighted by atomic mass is 9.74. The molecular formula is C80H86N4O6. The second-order valence-corrected chi connectivity index (χ2v) is 25.0. The number of hydrogen-bond acceptors (Lipinski definition) is 10. The van der Waals surface area contributed by atoms with Crippen molar-refractivity contribution in [2.24, 2.45) is 0 Å². The van der Waals surface area contributed by atoms with Gasteiger partial charge in [0.05, 0.1) is 11.1 Å². The summed E-state index contributed by atoms with van der Waals surface area (Å²) >= 11 is 0. The lowest BCUT2D eigenvalue weighted by Crippen LogP contribution is -2.34. The molecule has 90 heavy (non-hydrogen) atoms. The van der Waals surface area contributed by atoms with Gasteiger partial charge in [-0.2, -0.15) is 0 Å². The molecule has 10 nitrogen and oxygen atoms in total. The van der Waals surface area contributed by atoms with Crippen LogP contribution in [-0.2, 0) is 26.1 Å². The number of unbranched alkanes of at least 4 members (excludes halogenated alkanes) is 4. The highest BCUT2D eigenvalue weighted by atomic mass is 16.6. The van der Waals surface area contributed by atoms with Crippen LogP contribution in [0.4, 0.5) is 34.1 Å². The maximum atomic E-state index is 14.1. The Bertz CT molecular complexity index is 3750. The molecule has 2 unspecified atom stereocenters. The Balaban J connectivity index is 0.860. The van der Waals surface area contributed by atoms with Gasteiger partial charge in [-0.15, -0.1) is 13.2 Å². The fraction of sp³-hybridized carbons (Fsp3) is 0.325. The van der Waals surface area contributed by atoms with Gasteiger partial charge in [0.15, 0.2) is 11.2 Å². The van der Waals surface area contributed by atoms with Gasteiger partial charge in [-0.05, 0) is 153 Å². The zero-order valence-corrected chi connectivity index (χ0v) is 53.9. The molecule has 0 saturated carbocycles. The van der Waals surface area contributed by atoms with Crippen molar-refractivity contribution in [2.75, 3.05) is 58.9 Å². The number of carbonyl (C=O) groups excluding carboxylic acids is 2. The second-order valence-electron chi connectivity index (χ2n) is 25.0. The van der Waals surface area contributed by atoms with Crippen LogP contribution >= 0.6 is 0 Å². The lowest BCUT2D eigenvalue weighted by molar-refractivity contribution is 0.0214. The highest BCUT2D eigenvalue weighted by Gasteiger charge is 2.55. The first-order chi connectivity index (χ1) is 43.8. The maximum absolute atomic E-state index is 14.1. The van der Waals surface area contributed by atoms with Gasteiger partial charge in [0.1, 0.15) is 23.0 Å². The minimum absolute atomic E-state index is 0.341. The zero-order valence-electron chi connectivity index (χ0n) is 53.9. The Kier molecular flexibility index (Phi) is 17.3. The molecule has 2 spiro atoms. The van der Waals surface area contributed by atoms with Crippen molar-refractivity contribution in [3.8, 4) is 23.0 Å². The Morgan fingerprint density at radius 1 is 0.433 bits per heavy atom. The van der Waals surface area contributed by atoms with E-state index >= 15 is 0 Å². The van der Waals surface area contributed by atoms with Gasteiger partial charge < -0.3 is 38.5 Å². The molecular weight excluding hydrogens is 1110 g/mol. The van der Waals surface area contributed by atoms with E-state index in [9.17, 15) is 9.59 Å². The molecule has 0 fully saturated rings. The van der Waals surface area contributed by atoms with E-state index in [2.05, 4.69) is 197 Å². The summed E-state index contributed by atoms with van der Waals surface area (Å²) in [5, 5.41) is 0. The Morgan fingerprint density at radius 2 is 0.789 bits per heavy atom. The van der Waals surface area contributed by atoms with Gasteiger partial charge in [0.25, 0.3) is 0 Å². The van der Waals surface area contributed by atoms with Crippen molar-refractivity contribution >= 4 is 46.1 Å². The van der Waals surface area contributed by atoms with Crippen LogP contribution in [0.3, 0.4) is 0 Å². The molecule has 10 heteroatoms. The van der Waals surface area contributed by atoms with E-state index in [1.807, 2.05) is 60.7 Å². The van der Waals surface area contributed by atoms with Crippen molar-refractivity contribution in [3.05, 3.63) is 250 Å². The van der Waals surface area contributed by atoms with Crippen molar-refractivity contribution in [3.63, 3.8) is 0 Å². The van der Waals surface area contributed by atoms with Crippen molar-refractivity contribution < 1.29 is 28.5 Å². The van der Waals surface area contributed by atoms with Crippen LogP contribution in [0.25, 0.3) is 0 Å². The van der Waals surface area contributed by atoms with Gasteiger partial charge in [-0.1, -0.05) is 140 Å². The SMILES string of the molecule is C=CCN(c1ccc(C(C)(CC)c2ccc(N(CC=C)c3cc4c(cc3C)Oc3cc(N(CCCC)CCCC)ccc3C43OC(=O)c4ccccc43)cc2)cc1)c1cc2c(cc1C)Oc1cc(N(CCCC)CCCC)ccc1C21OC(=O)c2ccccc21. The zero-order chi connectivity index (χ0) is 62.9. The summed E-state index contributed by atoms with van der Waals surface area (Å²) in [6.45, 7) is 31.1. The van der Waals surface area contributed by atoms with Gasteiger partial charge in [0.2, 0.25) is 0 Å². The van der Waals surface area contributed by atoms with Crippen LogP contribution in [0.2, 0.25) is 0 Å². The predicted molar refractivity (Wildman–Crippen MR) is 367 cm³/mol. The third kappa shape index (κ3) is 10.5. The molecule has 0 N–H and O–H groups in total. The fourth-order valence-corrected chi connectivity index (χ4v) is 14.2. The van der Waals surface area contributed by atoms with Crippen LogP contribution in [0.15, 0.2) is 183 Å². The summed E-state index contributed by atoms with van der Waals surface area (Å²) in [6, 6.07) is 54.9. The van der Waals surface area contributed by atoms with E-state index in [0.29, 0.717) is 47.2 Å². The minimum atomic E-state index is -1.22. The summed E-state index contributed by atoms with van der Waals surface area (Å²) in [4.78, 5) is 37.6. The van der Waals surface area contributed by atoms with Crippen molar-refractivity contribution in [1.29, 1.82) is 0 Å². The number of ether oxygens (including phenoxy) is 4. The molecule has 4 heterocycles. The van der Waals surface area contributed by atoms with E-state index < -0.39 is 11.2 Å². The average Bonchev–Trinajstić information content (AvgIpc) is 1.41. The van der Waals surface area contributed by atoms with E-state index in [1.54, 1.807) is 0 Å². The first kappa shape index (κ1) is 61.2. The minimum Gasteiger partial charge on any atom is -0.456 e. The van der Waals surface area contributed by atoms with Crippen LogP contribution in [0, 0.1) is 13.8 Å². The lowest BCUT2D eigenvalue weighted by Gasteiger charge is -2.39. The summed E-state index contributed by atoms with van der Waals surface area (Å²) in [6.07, 6.45) is 13.5. The molecule has 8 aromatic rings. The van der Waals surface area contributed by atoms with Crippen molar-refractivity contribution in [1.82, 2.24) is 0 Å². The number of carbonyl (C=O) groups is 2. The van der Waals surface area contributed by atoms with E-state index in [0.717, 1.165) is 163 Å². The molecule has 0 amide bonds. The van der Waals surface area contributed by atoms with Crippen LogP contribution in [-0.4, -0.2) is 51.2 Å². The third-order valence-corrected chi connectivity index (χ3v) is 19.4. The van der Waals surface area contributed by atoms with Gasteiger partial charge in [0, 0.05) is 124 Å². The highest BCUT2D eigenvalue weighted by molar-refractivity contribution is 5.98. The first-order valence-corrected chi connectivity index (χ1v) is 32.9. The quantitative estimate of drug-likeness (QED) is 0.0407. The molecule has 2 atom stereocenters. The smallest absolute Gasteiger partial charge is 0.340 e. The average molecular weight is 1200 g/mol.